The zero-order valence-corrected chi connectivity index (χ0v) is 18.1. The van der Waals surface area contributed by atoms with Crippen LogP contribution in [-0.4, -0.2) is 56.9 Å². The number of hydrogen-bond donors (Lipinski definition) is 1. The Morgan fingerprint density at radius 2 is 1.71 bits per heavy atom. The van der Waals surface area contributed by atoms with Crippen LogP contribution in [-0.2, 0) is 4.79 Å². The van der Waals surface area contributed by atoms with Crippen LogP contribution in [0.25, 0.3) is 0 Å². The van der Waals surface area contributed by atoms with Crippen LogP contribution in [0.3, 0.4) is 0 Å². The summed E-state index contributed by atoms with van der Waals surface area (Å²) in [5.41, 5.74) is 1.06. The third-order valence-corrected chi connectivity index (χ3v) is 5.85. The molecular weight excluding hydrogens is 358 g/mol. The Kier molecular flexibility index (Phi) is 7.58. The number of aliphatic hydroxyl groups excluding tert-OH is 1. The predicted octanol–water partition coefficient (Wildman–Crippen LogP) is 3.46. The number of nitrogens with zero attached hydrogens (tertiary/aromatic N) is 1. The van der Waals surface area contributed by atoms with E-state index in [1.807, 2.05) is 17.0 Å². The van der Waals surface area contributed by atoms with E-state index < -0.39 is 0 Å². The normalized spacial score (nSPS) is 19.2. The first-order valence-electron chi connectivity index (χ1n) is 9.93. The molecule has 6 nitrogen and oxygen atoms in total. The van der Waals surface area contributed by atoms with Crippen molar-refractivity contribution in [2.45, 2.75) is 46.0 Å². The summed E-state index contributed by atoms with van der Waals surface area (Å²) in [7, 11) is 4.70. The Morgan fingerprint density at radius 3 is 2.18 bits per heavy atom. The van der Waals surface area contributed by atoms with Crippen molar-refractivity contribution in [1.82, 2.24) is 4.90 Å². The number of amides is 1. The molecule has 28 heavy (non-hydrogen) atoms. The topological polar surface area (TPSA) is 68.2 Å². The Morgan fingerprint density at radius 1 is 1.11 bits per heavy atom. The van der Waals surface area contributed by atoms with E-state index in [0.29, 0.717) is 36.1 Å². The molecule has 0 saturated carbocycles. The Balaban J connectivity index is 2.23. The number of ether oxygens (including phenoxy) is 3. The summed E-state index contributed by atoms with van der Waals surface area (Å²) < 4.78 is 16.2. The van der Waals surface area contributed by atoms with E-state index in [-0.39, 0.29) is 23.8 Å². The van der Waals surface area contributed by atoms with Crippen molar-refractivity contribution in [2.75, 3.05) is 41.0 Å². The average Bonchev–Trinajstić information content (AvgIpc) is 2.86. The van der Waals surface area contributed by atoms with Gasteiger partial charge in [0.2, 0.25) is 11.7 Å². The highest BCUT2D eigenvalue weighted by Gasteiger charge is 2.31. The number of carbonyl (C=O) groups excluding carboxylic acids is 1. The molecule has 0 radical (unpaired) electrons. The monoisotopic (exact) mass is 393 g/mol. The summed E-state index contributed by atoms with van der Waals surface area (Å²) in [5, 5.41) is 10.1. The number of methoxy groups -OCH3 is 3. The van der Waals surface area contributed by atoms with Gasteiger partial charge in [0.15, 0.2) is 11.5 Å². The van der Waals surface area contributed by atoms with Gasteiger partial charge in [-0.2, -0.15) is 0 Å². The first-order chi connectivity index (χ1) is 13.2. The highest BCUT2D eigenvalue weighted by Crippen LogP contribution is 2.40. The predicted molar refractivity (Wildman–Crippen MR) is 109 cm³/mol. The minimum atomic E-state index is -0.219. The van der Waals surface area contributed by atoms with E-state index in [2.05, 4.69) is 20.8 Å². The molecule has 0 bridgehead atoms. The smallest absolute Gasteiger partial charge is 0.222 e. The number of carbonyl (C=O) groups is 1. The summed E-state index contributed by atoms with van der Waals surface area (Å²) in [4.78, 5) is 14.6. The van der Waals surface area contributed by atoms with Crippen LogP contribution in [0, 0.1) is 11.3 Å². The maximum Gasteiger partial charge on any atom is 0.222 e. The van der Waals surface area contributed by atoms with Crippen molar-refractivity contribution >= 4 is 5.91 Å². The SMILES string of the molecule is COc1cc(C(CO)CN2CCC(C(C)(C)C)CCC2=O)cc(OC)c1OC. The highest BCUT2D eigenvalue weighted by atomic mass is 16.5. The number of rotatable bonds is 7. The Bertz CT molecular complexity index is 642. The van der Waals surface area contributed by atoms with E-state index in [1.165, 1.54) is 0 Å². The van der Waals surface area contributed by atoms with Crippen LogP contribution in [0.1, 0.15) is 51.5 Å². The Labute approximate surface area is 168 Å². The zero-order valence-electron chi connectivity index (χ0n) is 18.1. The maximum absolute atomic E-state index is 12.7. The molecule has 2 unspecified atom stereocenters. The fourth-order valence-electron chi connectivity index (χ4n) is 3.97. The van der Waals surface area contributed by atoms with E-state index in [4.69, 9.17) is 14.2 Å². The Hall–Kier alpha value is -1.95. The fourth-order valence-corrected chi connectivity index (χ4v) is 3.97. The second-order valence-corrected chi connectivity index (χ2v) is 8.57. The van der Waals surface area contributed by atoms with Crippen molar-refractivity contribution in [3.05, 3.63) is 17.7 Å². The molecule has 2 atom stereocenters. The molecular formula is C22H35NO5. The molecule has 6 heteroatoms. The molecule has 1 fully saturated rings. The molecule has 2 rings (SSSR count). The van der Waals surface area contributed by atoms with Gasteiger partial charge in [-0.1, -0.05) is 20.8 Å². The van der Waals surface area contributed by atoms with Crippen LogP contribution in [0.4, 0.5) is 0 Å². The van der Waals surface area contributed by atoms with Gasteiger partial charge >= 0.3 is 0 Å². The van der Waals surface area contributed by atoms with Gasteiger partial charge in [0.25, 0.3) is 0 Å². The molecule has 1 aliphatic rings. The molecule has 158 valence electrons. The lowest BCUT2D eigenvalue weighted by Gasteiger charge is -2.30. The lowest BCUT2D eigenvalue weighted by molar-refractivity contribution is -0.131. The molecule has 1 N–H and O–H groups in total. The molecule has 1 aromatic rings. The molecule has 0 aliphatic carbocycles. The van der Waals surface area contributed by atoms with Crippen molar-refractivity contribution in [1.29, 1.82) is 0 Å². The lowest BCUT2D eigenvalue weighted by atomic mass is 9.77. The molecule has 1 aromatic carbocycles. The molecule has 1 amide bonds. The van der Waals surface area contributed by atoms with Gasteiger partial charge in [-0.25, -0.2) is 0 Å². The van der Waals surface area contributed by atoms with Crippen LogP contribution in [0.2, 0.25) is 0 Å². The quantitative estimate of drug-likeness (QED) is 0.768. The minimum absolute atomic E-state index is 0.0644. The molecule has 1 saturated heterocycles. The summed E-state index contributed by atoms with van der Waals surface area (Å²) >= 11 is 0. The summed E-state index contributed by atoms with van der Waals surface area (Å²) in [6.45, 7) is 7.86. The van der Waals surface area contributed by atoms with E-state index in [1.54, 1.807) is 21.3 Å². The average molecular weight is 394 g/mol. The van der Waals surface area contributed by atoms with Crippen molar-refractivity contribution in [3.8, 4) is 17.2 Å². The zero-order chi connectivity index (χ0) is 20.9. The summed E-state index contributed by atoms with van der Waals surface area (Å²) in [6.07, 6.45) is 2.48. The molecule has 0 spiro atoms. The second-order valence-electron chi connectivity index (χ2n) is 8.57. The number of likely N-dealkylation sites (tertiary alicyclic amines) is 1. The van der Waals surface area contributed by atoms with Crippen molar-refractivity contribution in [3.63, 3.8) is 0 Å². The van der Waals surface area contributed by atoms with Crippen LogP contribution in [0.5, 0.6) is 17.2 Å². The second kappa shape index (κ2) is 9.50. The van der Waals surface area contributed by atoms with Gasteiger partial charge in [0.05, 0.1) is 27.9 Å². The standard InChI is InChI=1S/C22H35NO5/c1-22(2,3)17-7-8-20(25)23(10-9-17)13-16(14-24)15-11-18(26-4)21(28-6)19(12-15)27-5/h11-12,16-17,24H,7-10,13-14H2,1-6H3. The third-order valence-electron chi connectivity index (χ3n) is 5.85. The molecule has 1 aliphatic heterocycles. The van der Waals surface area contributed by atoms with Gasteiger partial charge < -0.3 is 24.2 Å². The van der Waals surface area contributed by atoms with E-state index in [9.17, 15) is 9.90 Å². The first kappa shape index (κ1) is 22.3. The van der Waals surface area contributed by atoms with Gasteiger partial charge in [-0.3, -0.25) is 4.79 Å². The van der Waals surface area contributed by atoms with Crippen LogP contribution in [0.15, 0.2) is 12.1 Å². The van der Waals surface area contributed by atoms with Crippen LogP contribution >= 0.6 is 0 Å². The van der Waals surface area contributed by atoms with Gasteiger partial charge in [0, 0.05) is 25.4 Å². The van der Waals surface area contributed by atoms with Gasteiger partial charge in [0.1, 0.15) is 0 Å². The van der Waals surface area contributed by atoms with Crippen LogP contribution < -0.4 is 14.2 Å². The lowest BCUT2D eigenvalue weighted by Crippen LogP contribution is -2.35. The van der Waals surface area contributed by atoms with Crippen molar-refractivity contribution in [2.24, 2.45) is 11.3 Å². The summed E-state index contributed by atoms with van der Waals surface area (Å²) in [6, 6.07) is 3.70. The first-order valence-corrected chi connectivity index (χ1v) is 9.93. The number of benzene rings is 1. The van der Waals surface area contributed by atoms with Gasteiger partial charge in [-0.05, 0) is 41.9 Å². The highest BCUT2D eigenvalue weighted by molar-refractivity contribution is 5.76. The molecule has 0 aromatic heterocycles. The largest absolute Gasteiger partial charge is 0.493 e. The van der Waals surface area contributed by atoms with Crippen molar-refractivity contribution < 1.29 is 24.1 Å². The van der Waals surface area contributed by atoms with E-state index in [0.717, 1.165) is 24.9 Å². The van der Waals surface area contributed by atoms with E-state index >= 15 is 0 Å². The number of hydrogen-bond acceptors (Lipinski definition) is 5. The minimum Gasteiger partial charge on any atom is -0.493 e. The fraction of sp³-hybridized carbons (Fsp3) is 0.682. The molecule has 1 heterocycles. The third kappa shape index (κ3) is 5.10. The summed E-state index contributed by atoms with van der Waals surface area (Å²) in [5.74, 6) is 2.08. The maximum atomic E-state index is 12.7. The number of aliphatic hydroxyl groups is 1. The van der Waals surface area contributed by atoms with Gasteiger partial charge in [-0.15, -0.1) is 0 Å².